The van der Waals surface area contributed by atoms with Crippen molar-refractivity contribution in [3.8, 4) is 5.75 Å². The van der Waals surface area contributed by atoms with Crippen LogP contribution in [0.15, 0.2) is 60.7 Å². The number of pyridine rings is 1. The third-order valence-corrected chi connectivity index (χ3v) is 3.85. The van der Waals surface area contributed by atoms with E-state index in [-0.39, 0.29) is 5.91 Å². The van der Waals surface area contributed by atoms with Gasteiger partial charge in [0, 0.05) is 5.39 Å². The molecule has 0 aliphatic carbocycles. The molecule has 0 aliphatic heterocycles. The first kappa shape index (κ1) is 16.9. The number of aromatic nitrogens is 1. The van der Waals surface area contributed by atoms with Crippen molar-refractivity contribution in [1.29, 1.82) is 0 Å². The molecular weight excluding hydrogens is 316 g/mol. The Morgan fingerprint density at radius 1 is 1.12 bits per heavy atom. The predicted molar refractivity (Wildman–Crippen MR) is 97.6 cm³/mol. The molecule has 1 unspecified atom stereocenters. The van der Waals surface area contributed by atoms with Crippen LogP contribution in [0.3, 0.4) is 0 Å². The molecule has 1 aromatic heterocycles. The zero-order valence-electron chi connectivity index (χ0n) is 14.2. The summed E-state index contributed by atoms with van der Waals surface area (Å²) >= 11 is 0. The molecule has 1 heterocycles. The number of nitrogens with zero attached hydrogens (tertiary/aromatic N) is 1. The second-order valence-electron chi connectivity index (χ2n) is 5.68. The number of anilines is 1. The molecule has 0 fully saturated rings. The van der Waals surface area contributed by atoms with Crippen LogP contribution in [0.25, 0.3) is 10.9 Å². The van der Waals surface area contributed by atoms with Gasteiger partial charge in [0.05, 0.1) is 19.2 Å². The Balaban J connectivity index is 1.59. The van der Waals surface area contributed by atoms with E-state index in [9.17, 15) is 4.79 Å². The van der Waals surface area contributed by atoms with Crippen LogP contribution in [0.4, 0.5) is 5.82 Å². The van der Waals surface area contributed by atoms with Crippen LogP contribution in [0, 0.1) is 0 Å². The summed E-state index contributed by atoms with van der Waals surface area (Å²) in [7, 11) is 1.62. The van der Waals surface area contributed by atoms with Gasteiger partial charge < -0.3 is 14.8 Å². The Morgan fingerprint density at radius 3 is 2.80 bits per heavy atom. The van der Waals surface area contributed by atoms with E-state index in [1.165, 1.54) is 0 Å². The number of nitrogens with one attached hydrogen (secondary N) is 1. The molecule has 2 aromatic carbocycles. The highest BCUT2D eigenvalue weighted by molar-refractivity contribution is 5.94. The van der Waals surface area contributed by atoms with E-state index >= 15 is 0 Å². The molecule has 128 valence electrons. The number of benzene rings is 2. The van der Waals surface area contributed by atoms with Crippen LogP contribution >= 0.6 is 0 Å². The van der Waals surface area contributed by atoms with Crippen molar-refractivity contribution in [2.45, 2.75) is 19.6 Å². The molecule has 25 heavy (non-hydrogen) atoms. The molecule has 3 rings (SSSR count). The Morgan fingerprint density at radius 2 is 1.96 bits per heavy atom. The fourth-order valence-electron chi connectivity index (χ4n) is 2.42. The molecular formula is C20H20N2O3. The highest BCUT2D eigenvalue weighted by Crippen LogP contribution is 2.16. The Bertz CT molecular complexity index is 879. The third-order valence-electron chi connectivity index (χ3n) is 3.85. The summed E-state index contributed by atoms with van der Waals surface area (Å²) in [6, 6.07) is 19.0. The van der Waals surface area contributed by atoms with Gasteiger partial charge in [-0.2, -0.15) is 0 Å². The van der Waals surface area contributed by atoms with Gasteiger partial charge in [-0.25, -0.2) is 4.98 Å². The first-order valence-corrected chi connectivity index (χ1v) is 8.07. The number of amides is 1. The van der Waals surface area contributed by atoms with Crippen molar-refractivity contribution in [2.75, 3.05) is 12.4 Å². The van der Waals surface area contributed by atoms with Gasteiger partial charge in [-0.05, 0) is 42.8 Å². The lowest BCUT2D eigenvalue weighted by Gasteiger charge is -2.13. The van der Waals surface area contributed by atoms with Crippen LogP contribution in [0.2, 0.25) is 0 Å². The summed E-state index contributed by atoms with van der Waals surface area (Å²) in [6.45, 7) is 2.05. The van der Waals surface area contributed by atoms with Crippen LogP contribution < -0.4 is 10.1 Å². The number of carbonyl (C=O) groups is 1. The van der Waals surface area contributed by atoms with Gasteiger partial charge in [-0.15, -0.1) is 0 Å². The highest BCUT2D eigenvalue weighted by Gasteiger charge is 2.14. The number of rotatable bonds is 6. The lowest BCUT2D eigenvalue weighted by atomic mass is 10.2. The normalized spacial score (nSPS) is 11.9. The largest absolute Gasteiger partial charge is 0.497 e. The summed E-state index contributed by atoms with van der Waals surface area (Å²) < 4.78 is 10.8. The highest BCUT2D eigenvalue weighted by atomic mass is 16.5. The number of hydrogen-bond donors (Lipinski definition) is 1. The maximum Gasteiger partial charge on any atom is 0.254 e. The first-order valence-electron chi connectivity index (χ1n) is 8.07. The number of carbonyl (C=O) groups excluding carboxylic acids is 1. The molecule has 0 radical (unpaired) electrons. The summed E-state index contributed by atoms with van der Waals surface area (Å²) in [5, 5.41) is 3.82. The van der Waals surface area contributed by atoms with E-state index in [1.54, 1.807) is 20.1 Å². The van der Waals surface area contributed by atoms with Gasteiger partial charge >= 0.3 is 0 Å². The van der Waals surface area contributed by atoms with E-state index in [1.807, 2.05) is 54.6 Å². The molecule has 1 atom stereocenters. The Labute approximate surface area is 146 Å². The second kappa shape index (κ2) is 7.77. The average molecular weight is 336 g/mol. The van der Waals surface area contributed by atoms with Gasteiger partial charge in [0.15, 0.2) is 0 Å². The van der Waals surface area contributed by atoms with E-state index in [0.717, 1.165) is 22.2 Å². The van der Waals surface area contributed by atoms with Crippen molar-refractivity contribution in [2.24, 2.45) is 0 Å². The van der Waals surface area contributed by atoms with Gasteiger partial charge in [-0.1, -0.05) is 30.3 Å². The van der Waals surface area contributed by atoms with Crippen molar-refractivity contribution < 1.29 is 14.3 Å². The Hall–Kier alpha value is -2.92. The average Bonchev–Trinajstić information content (AvgIpc) is 2.66. The van der Waals surface area contributed by atoms with Gasteiger partial charge in [0.25, 0.3) is 5.91 Å². The Kier molecular flexibility index (Phi) is 5.26. The molecule has 0 saturated heterocycles. The zero-order chi connectivity index (χ0) is 17.6. The van der Waals surface area contributed by atoms with Crippen molar-refractivity contribution in [3.05, 3.63) is 66.2 Å². The van der Waals surface area contributed by atoms with E-state index in [2.05, 4.69) is 10.3 Å². The number of hydrogen-bond acceptors (Lipinski definition) is 4. The summed E-state index contributed by atoms with van der Waals surface area (Å²) in [4.78, 5) is 16.7. The summed E-state index contributed by atoms with van der Waals surface area (Å²) in [6.07, 6.45) is -0.598. The lowest BCUT2D eigenvalue weighted by Crippen LogP contribution is -2.28. The molecule has 1 amide bonds. The molecule has 0 bridgehead atoms. The quantitative estimate of drug-likeness (QED) is 0.744. The van der Waals surface area contributed by atoms with Gasteiger partial charge in [0.1, 0.15) is 17.7 Å². The fourth-order valence-corrected chi connectivity index (χ4v) is 2.42. The molecule has 3 aromatic rings. The SMILES string of the molecule is COc1cccc(COC(C)C(=O)Nc2ccc3ccccc3n2)c1. The minimum atomic E-state index is -0.598. The minimum Gasteiger partial charge on any atom is -0.497 e. The smallest absolute Gasteiger partial charge is 0.254 e. The monoisotopic (exact) mass is 336 g/mol. The number of fused-ring (bicyclic) bond motifs is 1. The molecule has 0 spiro atoms. The minimum absolute atomic E-state index is 0.231. The van der Waals surface area contributed by atoms with E-state index in [0.29, 0.717) is 12.4 Å². The number of para-hydroxylation sites is 1. The molecule has 1 N–H and O–H groups in total. The molecule has 0 saturated carbocycles. The van der Waals surface area contributed by atoms with Crippen LogP contribution in [0.1, 0.15) is 12.5 Å². The number of methoxy groups -OCH3 is 1. The molecule has 0 aliphatic rings. The van der Waals surface area contributed by atoms with Gasteiger partial charge in [-0.3, -0.25) is 4.79 Å². The second-order valence-corrected chi connectivity index (χ2v) is 5.68. The van der Waals surface area contributed by atoms with Crippen molar-refractivity contribution in [1.82, 2.24) is 4.98 Å². The maximum absolute atomic E-state index is 12.3. The molecule has 5 nitrogen and oxygen atoms in total. The standard InChI is InChI=1S/C20H20N2O3/c1-14(25-13-15-6-5-8-17(12-15)24-2)20(23)22-19-11-10-16-7-3-4-9-18(16)21-19/h3-12,14H,13H2,1-2H3,(H,21,22,23). The van der Waals surface area contributed by atoms with Crippen LogP contribution in [-0.4, -0.2) is 24.1 Å². The topological polar surface area (TPSA) is 60.5 Å². The van der Waals surface area contributed by atoms with Crippen LogP contribution in [0.5, 0.6) is 5.75 Å². The van der Waals surface area contributed by atoms with Crippen molar-refractivity contribution >= 4 is 22.6 Å². The van der Waals surface area contributed by atoms with Crippen molar-refractivity contribution in [3.63, 3.8) is 0 Å². The maximum atomic E-state index is 12.3. The first-order chi connectivity index (χ1) is 12.2. The van der Waals surface area contributed by atoms with Gasteiger partial charge in [0.2, 0.25) is 0 Å². The summed E-state index contributed by atoms with van der Waals surface area (Å²) in [5.74, 6) is 1.05. The number of ether oxygens (including phenoxy) is 2. The third kappa shape index (κ3) is 4.33. The molecule has 5 heteroatoms. The lowest BCUT2D eigenvalue weighted by molar-refractivity contribution is -0.127. The summed E-state index contributed by atoms with van der Waals surface area (Å²) in [5.41, 5.74) is 1.79. The fraction of sp³-hybridized carbons (Fsp3) is 0.200. The predicted octanol–water partition coefficient (Wildman–Crippen LogP) is 3.79. The van der Waals surface area contributed by atoms with E-state index < -0.39 is 6.10 Å². The zero-order valence-corrected chi connectivity index (χ0v) is 14.2. The van der Waals surface area contributed by atoms with Crippen LogP contribution in [-0.2, 0) is 16.1 Å². The van der Waals surface area contributed by atoms with E-state index in [4.69, 9.17) is 9.47 Å².